The number of fused-ring (bicyclic) bond motifs is 1. The van der Waals surface area contributed by atoms with Gasteiger partial charge in [-0.1, -0.05) is 66.0 Å². The molecule has 3 aliphatic rings. The van der Waals surface area contributed by atoms with E-state index in [2.05, 4.69) is 42.0 Å². The molecular weight excluding hydrogens is 373 g/mol. The van der Waals surface area contributed by atoms with Crippen LogP contribution in [-0.4, -0.2) is 10.7 Å². The first kappa shape index (κ1) is 15.6. The lowest BCUT2D eigenvalue weighted by Gasteiger charge is -2.64. The predicted molar refractivity (Wildman–Crippen MR) is 91.4 cm³/mol. The molecule has 0 aromatic heterocycles. The van der Waals surface area contributed by atoms with Gasteiger partial charge in [0, 0.05) is 4.83 Å². The number of anilines is 1. The Bertz CT molecular complexity index is 633. The van der Waals surface area contributed by atoms with E-state index in [9.17, 15) is 4.79 Å². The molecule has 2 nitrogen and oxygen atoms in total. The standard InChI is InChI=1S/C16H18BrCl2NO/c1-14(2)15(3)7-8-16(14,12(15)17)13(21)20-10-6-4-5-9(18)11(10)19/h4-6,12H,7-8H2,1-3H3,(H,20,21)/t12-,15+,16-/m1/s1. The lowest BCUT2D eigenvalue weighted by molar-refractivity contribution is -0.155. The number of nitrogens with one attached hydrogen (secondary N) is 1. The maximum absolute atomic E-state index is 13.0. The summed E-state index contributed by atoms with van der Waals surface area (Å²) in [5, 5.41) is 3.84. The monoisotopic (exact) mass is 389 g/mol. The van der Waals surface area contributed by atoms with Crippen molar-refractivity contribution in [2.75, 3.05) is 5.32 Å². The molecule has 114 valence electrons. The van der Waals surface area contributed by atoms with Crippen LogP contribution in [0.4, 0.5) is 5.69 Å². The third-order valence-corrected chi connectivity index (χ3v) is 8.79. The van der Waals surface area contributed by atoms with Gasteiger partial charge in [0.25, 0.3) is 0 Å². The summed E-state index contributed by atoms with van der Waals surface area (Å²) in [7, 11) is 0. The summed E-state index contributed by atoms with van der Waals surface area (Å²) in [6.45, 7) is 6.64. The van der Waals surface area contributed by atoms with Crippen molar-refractivity contribution in [2.24, 2.45) is 16.2 Å². The van der Waals surface area contributed by atoms with Crippen LogP contribution in [0.5, 0.6) is 0 Å². The molecule has 3 saturated carbocycles. The molecule has 1 amide bonds. The highest BCUT2D eigenvalue weighted by Crippen LogP contribution is 2.79. The molecule has 3 aliphatic carbocycles. The fraction of sp³-hybridized carbons (Fsp3) is 0.562. The third kappa shape index (κ3) is 1.69. The highest BCUT2D eigenvalue weighted by molar-refractivity contribution is 9.09. The number of hydrogen-bond donors (Lipinski definition) is 1. The summed E-state index contributed by atoms with van der Waals surface area (Å²) in [5.41, 5.74) is 0.332. The first-order valence-corrected chi connectivity index (χ1v) is 8.75. The van der Waals surface area contributed by atoms with Crippen LogP contribution < -0.4 is 5.32 Å². The SMILES string of the molecule is CC1(C)[C@@]2(C)CC[C@]1(C(=O)Nc1cccc(Cl)c1Cl)[C@@H]2Br. The number of rotatable bonds is 2. The quantitative estimate of drug-likeness (QED) is 0.661. The van der Waals surface area contributed by atoms with Gasteiger partial charge in [0.1, 0.15) is 0 Å². The van der Waals surface area contributed by atoms with E-state index in [0.717, 1.165) is 12.8 Å². The molecule has 0 heterocycles. The van der Waals surface area contributed by atoms with Crippen molar-refractivity contribution in [2.45, 2.75) is 38.4 Å². The van der Waals surface area contributed by atoms with E-state index in [4.69, 9.17) is 23.2 Å². The Labute approximate surface area is 143 Å². The van der Waals surface area contributed by atoms with Crippen molar-refractivity contribution in [1.29, 1.82) is 0 Å². The summed E-state index contributed by atoms with van der Waals surface area (Å²) in [4.78, 5) is 13.2. The van der Waals surface area contributed by atoms with Gasteiger partial charge in [-0.25, -0.2) is 0 Å². The van der Waals surface area contributed by atoms with Crippen LogP contribution in [-0.2, 0) is 4.79 Å². The molecule has 1 aromatic carbocycles. The van der Waals surface area contributed by atoms with Crippen molar-refractivity contribution >= 4 is 50.7 Å². The summed E-state index contributed by atoms with van der Waals surface area (Å²) in [5.74, 6) is 0.0357. The fourth-order valence-electron chi connectivity index (χ4n) is 4.29. The highest BCUT2D eigenvalue weighted by Gasteiger charge is 2.80. The van der Waals surface area contributed by atoms with Crippen LogP contribution in [0.25, 0.3) is 0 Å². The normalized spacial score (nSPS) is 36.2. The number of carbonyl (C=O) groups excluding carboxylic acids is 1. The second-order valence-electron chi connectivity index (χ2n) is 6.93. The van der Waals surface area contributed by atoms with Gasteiger partial charge < -0.3 is 5.32 Å². The van der Waals surface area contributed by atoms with E-state index in [1.54, 1.807) is 18.2 Å². The first-order valence-electron chi connectivity index (χ1n) is 7.08. The number of halogens is 3. The molecule has 5 heteroatoms. The zero-order valence-electron chi connectivity index (χ0n) is 12.3. The minimum absolute atomic E-state index is 0.0357. The average Bonchev–Trinajstić information content (AvgIpc) is 2.83. The van der Waals surface area contributed by atoms with E-state index < -0.39 is 0 Å². The molecule has 3 atom stereocenters. The number of hydrogen-bond acceptors (Lipinski definition) is 1. The topological polar surface area (TPSA) is 29.1 Å². The number of benzene rings is 1. The summed E-state index contributed by atoms with van der Waals surface area (Å²) in [6, 6.07) is 5.29. The molecule has 0 radical (unpaired) electrons. The van der Waals surface area contributed by atoms with Crippen LogP contribution in [0, 0.1) is 16.2 Å². The Hall–Kier alpha value is -0.250. The molecule has 2 bridgehead atoms. The molecule has 0 spiro atoms. The molecule has 1 N–H and O–H groups in total. The maximum atomic E-state index is 13.0. The van der Waals surface area contributed by atoms with E-state index in [0.29, 0.717) is 15.7 Å². The van der Waals surface area contributed by atoms with Gasteiger partial charge in [0.15, 0.2) is 0 Å². The first-order chi connectivity index (χ1) is 9.68. The molecule has 4 rings (SSSR count). The lowest BCUT2D eigenvalue weighted by atomic mass is 9.43. The van der Waals surface area contributed by atoms with Gasteiger partial charge in [-0.15, -0.1) is 0 Å². The summed E-state index contributed by atoms with van der Waals surface area (Å²) < 4.78 is 0. The molecule has 0 unspecified atom stereocenters. The Balaban J connectivity index is 1.92. The van der Waals surface area contributed by atoms with E-state index in [1.807, 2.05) is 0 Å². The second-order valence-corrected chi connectivity index (χ2v) is 8.63. The van der Waals surface area contributed by atoms with Gasteiger partial charge in [-0.3, -0.25) is 4.79 Å². The summed E-state index contributed by atoms with van der Waals surface area (Å²) in [6.07, 6.45) is 1.96. The zero-order chi connectivity index (χ0) is 15.6. The average molecular weight is 391 g/mol. The minimum Gasteiger partial charge on any atom is -0.324 e. The minimum atomic E-state index is -0.382. The molecule has 21 heavy (non-hydrogen) atoms. The number of amides is 1. The smallest absolute Gasteiger partial charge is 0.232 e. The number of carbonyl (C=O) groups is 1. The predicted octanol–water partition coefficient (Wildman–Crippen LogP) is 5.52. The second kappa shape index (κ2) is 4.62. The zero-order valence-corrected chi connectivity index (χ0v) is 15.4. The van der Waals surface area contributed by atoms with Crippen LogP contribution in [0.3, 0.4) is 0 Å². The van der Waals surface area contributed by atoms with Crippen molar-refractivity contribution in [3.05, 3.63) is 28.2 Å². The Morgan fingerprint density at radius 3 is 2.48 bits per heavy atom. The summed E-state index contributed by atoms with van der Waals surface area (Å²) >= 11 is 16.0. The largest absolute Gasteiger partial charge is 0.324 e. The van der Waals surface area contributed by atoms with Crippen LogP contribution in [0.15, 0.2) is 18.2 Å². The van der Waals surface area contributed by atoms with E-state index >= 15 is 0 Å². The Morgan fingerprint density at radius 1 is 1.29 bits per heavy atom. The molecule has 0 saturated heterocycles. The molecule has 1 aromatic rings. The van der Waals surface area contributed by atoms with Crippen molar-refractivity contribution in [3.63, 3.8) is 0 Å². The van der Waals surface area contributed by atoms with Crippen LogP contribution in [0.1, 0.15) is 33.6 Å². The van der Waals surface area contributed by atoms with Gasteiger partial charge in [0.2, 0.25) is 5.91 Å². The Kier molecular flexibility index (Phi) is 3.44. The number of alkyl halides is 1. The van der Waals surface area contributed by atoms with Crippen molar-refractivity contribution in [3.8, 4) is 0 Å². The molecule has 3 fully saturated rings. The third-order valence-electron chi connectivity index (χ3n) is 6.18. The van der Waals surface area contributed by atoms with Gasteiger partial charge in [0.05, 0.1) is 21.1 Å². The van der Waals surface area contributed by atoms with Gasteiger partial charge >= 0.3 is 0 Å². The molecular formula is C16H18BrCl2NO. The van der Waals surface area contributed by atoms with E-state index in [1.165, 1.54) is 0 Å². The van der Waals surface area contributed by atoms with Crippen molar-refractivity contribution < 1.29 is 4.79 Å². The van der Waals surface area contributed by atoms with Crippen LogP contribution >= 0.6 is 39.1 Å². The van der Waals surface area contributed by atoms with Gasteiger partial charge in [-0.2, -0.15) is 0 Å². The van der Waals surface area contributed by atoms with Crippen molar-refractivity contribution in [1.82, 2.24) is 0 Å². The van der Waals surface area contributed by atoms with Crippen LogP contribution in [0.2, 0.25) is 10.0 Å². The fourth-order valence-corrected chi connectivity index (χ4v) is 6.45. The van der Waals surface area contributed by atoms with Gasteiger partial charge in [-0.05, 0) is 35.8 Å². The maximum Gasteiger partial charge on any atom is 0.232 e. The molecule has 0 aliphatic heterocycles. The lowest BCUT2D eigenvalue weighted by Crippen LogP contribution is -2.68. The van der Waals surface area contributed by atoms with E-state index in [-0.39, 0.29) is 27.0 Å². The Morgan fingerprint density at radius 2 is 1.95 bits per heavy atom. The highest BCUT2D eigenvalue weighted by atomic mass is 79.9.